The number of halogens is 1. The van der Waals surface area contributed by atoms with Crippen LogP contribution in [0.25, 0.3) is 0 Å². The van der Waals surface area contributed by atoms with Gasteiger partial charge in [-0.25, -0.2) is 0 Å². The van der Waals surface area contributed by atoms with Crippen LogP contribution in [0.3, 0.4) is 0 Å². The molecule has 198 valence electrons. The number of methoxy groups -OCH3 is 1. The van der Waals surface area contributed by atoms with Crippen LogP contribution in [0, 0.1) is 0 Å². The van der Waals surface area contributed by atoms with Gasteiger partial charge in [-0.3, -0.25) is 14.1 Å². The van der Waals surface area contributed by atoms with E-state index in [1.807, 2.05) is 4.90 Å². The summed E-state index contributed by atoms with van der Waals surface area (Å²) in [5.41, 5.74) is 0.644. The first-order valence-electron chi connectivity index (χ1n) is 12.4. The Morgan fingerprint density at radius 1 is 1.06 bits per heavy atom. The van der Waals surface area contributed by atoms with Crippen LogP contribution in [-0.4, -0.2) is 79.8 Å². The van der Waals surface area contributed by atoms with E-state index in [1.165, 1.54) is 0 Å². The van der Waals surface area contributed by atoms with Crippen molar-refractivity contribution in [3.63, 3.8) is 0 Å². The predicted octanol–water partition coefficient (Wildman–Crippen LogP) is 2.88. The monoisotopic (exact) mass is 504 g/mol. The first-order chi connectivity index (χ1) is 17.5. The lowest BCUT2D eigenvalue weighted by molar-refractivity contribution is -0.123. The molecule has 3 rings (SSSR count). The fourth-order valence-electron chi connectivity index (χ4n) is 4.07. The molecule has 0 bridgehead atoms. The number of unbranched alkanes of at least 4 members (excludes halogenated alkanes) is 1. The Morgan fingerprint density at radius 3 is 2.31 bits per heavy atom. The van der Waals surface area contributed by atoms with Gasteiger partial charge in [0.2, 0.25) is 5.91 Å². The van der Waals surface area contributed by atoms with E-state index in [0.717, 1.165) is 5.75 Å². The molecule has 1 aliphatic heterocycles. The molecular formula is C27H37FN2O6. The molecule has 0 spiro atoms. The second-order valence-electron chi connectivity index (χ2n) is 8.91. The number of amides is 1. The molecule has 0 saturated carbocycles. The van der Waals surface area contributed by atoms with E-state index >= 15 is 0 Å². The minimum absolute atomic E-state index is 0.129. The Labute approximate surface area is 212 Å². The van der Waals surface area contributed by atoms with E-state index in [0.29, 0.717) is 62.6 Å². The Balaban J connectivity index is 1.56. The number of aliphatic hydroxyl groups is 2. The van der Waals surface area contributed by atoms with Crippen molar-refractivity contribution >= 4 is 5.91 Å². The number of ether oxygens (including phenoxy) is 3. The number of aliphatic hydroxyl groups excluding tert-OH is 2. The molecule has 8 nitrogen and oxygen atoms in total. The molecule has 0 aliphatic carbocycles. The second-order valence-corrected chi connectivity index (χ2v) is 8.91. The maximum absolute atomic E-state index is 12.7. The minimum atomic E-state index is -0.949. The lowest BCUT2D eigenvalue weighted by Gasteiger charge is -2.29. The maximum Gasteiger partial charge on any atom is 0.223 e. The van der Waals surface area contributed by atoms with E-state index in [-0.39, 0.29) is 25.6 Å². The highest BCUT2D eigenvalue weighted by atomic mass is 19.1. The summed E-state index contributed by atoms with van der Waals surface area (Å²) in [5.74, 6) is 1.77. The standard InChI is InChI=1S/C27H37FN2O6/c1-34-22-8-10-24(11-9-22)36-17-13-26(32)29-25(19-30-15-12-21(31)18-30)27(33)20-4-6-23(7-5-20)35-16-3-2-14-28/h4-11,21,25,27,31,33H,2-3,12-19H2,1H3,(H,29,32)/t21-,25+,27+/m0/s1. The van der Waals surface area contributed by atoms with E-state index in [1.54, 1.807) is 55.6 Å². The number of rotatable bonds is 15. The van der Waals surface area contributed by atoms with E-state index in [4.69, 9.17) is 14.2 Å². The maximum atomic E-state index is 12.7. The molecule has 1 aliphatic rings. The Bertz CT molecular complexity index is 911. The van der Waals surface area contributed by atoms with Crippen molar-refractivity contribution in [2.45, 2.75) is 43.9 Å². The molecule has 1 heterocycles. The van der Waals surface area contributed by atoms with Gasteiger partial charge in [-0.15, -0.1) is 0 Å². The van der Waals surface area contributed by atoms with Crippen molar-refractivity contribution in [3.05, 3.63) is 54.1 Å². The highest BCUT2D eigenvalue weighted by molar-refractivity contribution is 5.76. The molecule has 1 fully saturated rings. The number of carbonyl (C=O) groups excluding carboxylic acids is 1. The van der Waals surface area contributed by atoms with Gasteiger partial charge in [0.15, 0.2) is 0 Å². The highest BCUT2D eigenvalue weighted by Gasteiger charge is 2.29. The van der Waals surface area contributed by atoms with Crippen LogP contribution in [0.1, 0.15) is 37.4 Å². The fourth-order valence-corrected chi connectivity index (χ4v) is 4.07. The van der Waals surface area contributed by atoms with Crippen molar-refractivity contribution < 1.29 is 33.6 Å². The van der Waals surface area contributed by atoms with Gasteiger partial charge in [-0.05, 0) is 61.2 Å². The van der Waals surface area contributed by atoms with Crippen molar-refractivity contribution in [2.75, 3.05) is 46.6 Å². The van der Waals surface area contributed by atoms with Crippen LogP contribution < -0.4 is 19.5 Å². The zero-order chi connectivity index (χ0) is 25.8. The number of benzene rings is 2. The lowest BCUT2D eigenvalue weighted by Crippen LogP contribution is -2.47. The molecule has 0 aromatic heterocycles. The molecule has 9 heteroatoms. The quantitative estimate of drug-likeness (QED) is 0.321. The topological polar surface area (TPSA) is 100 Å². The Kier molecular flexibility index (Phi) is 11.3. The number of alkyl halides is 1. The zero-order valence-corrected chi connectivity index (χ0v) is 20.8. The molecule has 3 atom stereocenters. The number of nitrogens with one attached hydrogen (secondary N) is 1. The third-order valence-electron chi connectivity index (χ3n) is 6.11. The molecule has 0 unspecified atom stereocenters. The minimum Gasteiger partial charge on any atom is -0.497 e. The first kappa shape index (κ1) is 27.7. The summed E-state index contributed by atoms with van der Waals surface area (Å²) in [4.78, 5) is 14.7. The summed E-state index contributed by atoms with van der Waals surface area (Å²) in [6, 6.07) is 13.6. The van der Waals surface area contributed by atoms with Gasteiger partial charge in [-0.1, -0.05) is 12.1 Å². The van der Waals surface area contributed by atoms with Crippen LogP contribution in [0.15, 0.2) is 48.5 Å². The molecule has 2 aromatic rings. The average Bonchev–Trinajstić information content (AvgIpc) is 3.31. The highest BCUT2D eigenvalue weighted by Crippen LogP contribution is 2.23. The third kappa shape index (κ3) is 8.96. The largest absolute Gasteiger partial charge is 0.497 e. The van der Waals surface area contributed by atoms with Crippen molar-refractivity contribution in [2.24, 2.45) is 0 Å². The number of nitrogens with zero attached hydrogens (tertiary/aromatic N) is 1. The van der Waals surface area contributed by atoms with Gasteiger partial charge >= 0.3 is 0 Å². The molecule has 1 saturated heterocycles. The summed E-state index contributed by atoms with van der Waals surface area (Å²) in [5, 5.41) is 24.0. The Morgan fingerprint density at radius 2 is 1.69 bits per heavy atom. The third-order valence-corrected chi connectivity index (χ3v) is 6.11. The molecular weight excluding hydrogens is 467 g/mol. The van der Waals surface area contributed by atoms with E-state index in [2.05, 4.69) is 5.32 Å². The van der Waals surface area contributed by atoms with Crippen LogP contribution in [0.2, 0.25) is 0 Å². The first-order valence-corrected chi connectivity index (χ1v) is 12.4. The summed E-state index contributed by atoms with van der Waals surface area (Å²) in [6.07, 6.45) is 0.553. The lowest BCUT2D eigenvalue weighted by atomic mass is 10.0. The van der Waals surface area contributed by atoms with Crippen molar-refractivity contribution in [1.82, 2.24) is 10.2 Å². The second kappa shape index (κ2) is 14.6. The van der Waals surface area contributed by atoms with Crippen LogP contribution in [0.5, 0.6) is 17.2 Å². The summed E-state index contributed by atoms with van der Waals surface area (Å²) in [6.45, 7) is 1.88. The summed E-state index contributed by atoms with van der Waals surface area (Å²) in [7, 11) is 1.59. The number of hydrogen-bond acceptors (Lipinski definition) is 7. The number of β-amino-alcohol motifs (C(OH)–C–C–N with tert-alkyl or cyclic N) is 1. The van der Waals surface area contributed by atoms with Gasteiger partial charge in [0.25, 0.3) is 0 Å². The van der Waals surface area contributed by atoms with Gasteiger partial charge < -0.3 is 29.7 Å². The predicted molar refractivity (Wildman–Crippen MR) is 134 cm³/mol. The van der Waals surface area contributed by atoms with Gasteiger partial charge in [0.1, 0.15) is 23.4 Å². The summed E-state index contributed by atoms with van der Waals surface area (Å²) >= 11 is 0. The molecule has 36 heavy (non-hydrogen) atoms. The molecule has 1 amide bonds. The number of likely N-dealkylation sites (tertiary alicyclic amines) is 1. The normalized spacial score (nSPS) is 17.4. The van der Waals surface area contributed by atoms with Crippen LogP contribution in [-0.2, 0) is 4.79 Å². The zero-order valence-electron chi connectivity index (χ0n) is 20.8. The number of hydrogen-bond donors (Lipinski definition) is 3. The fraction of sp³-hybridized carbons (Fsp3) is 0.519. The van der Waals surface area contributed by atoms with Gasteiger partial charge in [0, 0.05) is 19.6 Å². The average molecular weight is 505 g/mol. The smallest absolute Gasteiger partial charge is 0.223 e. The van der Waals surface area contributed by atoms with Crippen molar-refractivity contribution in [1.29, 1.82) is 0 Å². The van der Waals surface area contributed by atoms with Crippen LogP contribution >= 0.6 is 0 Å². The van der Waals surface area contributed by atoms with Gasteiger partial charge in [-0.2, -0.15) is 0 Å². The summed E-state index contributed by atoms with van der Waals surface area (Å²) < 4.78 is 28.6. The number of carbonyl (C=O) groups is 1. The van der Waals surface area contributed by atoms with Crippen molar-refractivity contribution in [3.8, 4) is 17.2 Å². The SMILES string of the molecule is COc1ccc(OCCC(=O)N[C@H](CN2CC[C@H](O)C2)[C@H](O)c2ccc(OCCCCF)cc2)cc1. The Hall–Kier alpha value is -2.88. The van der Waals surface area contributed by atoms with E-state index < -0.39 is 18.2 Å². The molecule has 2 aromatic carbocycles. The molecule has 0 radical (unpaired) electrons. The molecule has 3 N–H and O–H groups in total. The van der Waals surface area contributed by atoms with Gasteiger partial charge in [0.05, 0.1) is 45.6 Å². The van der Waals surface area contributed by atoms with Crippen LogP contribution in [0.4, 0.5) is 4.39 Å². The van der Waals surface area contributed by atoms with E-state index in [9.17, 15) is 19.4 Å².